The van der Waals surface area contributed by atoms with Gasteiger partial charge in [-0.3, -0.25) is 0 Å². The zero-order chi connectivity index (χ0) is 13.0. The van der Waals surface area contributed by atoms with E-state index >= 15 is 0 Å². The van der Waals surface area contributed by atoms with Crippen molar-refractivity contribution in [2.24, 2.45) is 0 Å². The van der Waals surface area contributed by atoms with Crippen LogP contribution in [0.4, 0.5) is 5.69 Å². The first kappa shape index (κ1) is 12.7. The molecule has 0 saturated heterocycles. The molecule has 3 heteroatoms. The maximum absolute atomic E-state index is 9.49. The fourth-order valence-electron chi connectivity index (χ4n) is 1.94. The summed E-state index contributed by atoms with van der Waals surface area (Å²) in [5, 5.41) is 9.49. The minimum absolute atomic E-state index is 0.417. The number of hydrogen-bond acceptors (Lipinski definition) is 3. The number of rotatable bonds is 5. The molecule has 2 aromatic rings. The SMILES string of the molecule is CCN(Cc1ccco1)c1ccc([C@@H](C)O)cc1. The van der Waals surface area contributed by atoms with Crippen molar-refractivity contribution >= 4 is 5.69 Å². The van der Waals surface area contributed by atoms with Crippen LogP contribution < -0.4 is 4.90 Å². The first-order chi connectivity index (χ1) is 8.70. The van der Waals surface area contributed by atoms with E-state index in [2.05, 4.69) is 11.8 Å². The molecule has 0 aliphatic rings. The minimum atomic E-state index is -0.417. The molecule has 0 fully saturated rings. The fraction of sp³-hybridized carbons (Fsp3) is 0.333. The van der Waals surface area contributed by atoms with Gasteiger partial charge in [0.1, 0.15) is 5.76 Å². The van der Waals surface area contributed by atoms with Crippen LogP contribution in [-0.2, 0) is 6.54 Å². The Kier molecular flexibility index (Phi) is 4.05. The highest BCUT2D eigenvalue weighted by Gasteiger charge is 2.08. The lowest BCUT2D eigenvalue weighted by atomic mass is 10.1. The Morgan fingerprint density at radius 3 is 2.44 bits per heavy atom. The molecule has 1 atom stereocenters. The van der Waals surface area contributed by atoms with Crippen LogP contribution in [-0.4, -0.2) is 11.7 Å². The summed E-state index contributed by atoms with van der Waals surface area (Å²) < 4.78 is 5.37. The summed E-state index contributed by atoms with van der Waals surface area (Å²) in [6.07, 6.45) is 1.28. The van der Waals surface area contributed by atoms with E-state index in [4.69, 9.17) is 4.42 Å². The Labute approximate surface area is 108 Å². The number of nitrogens with zero attached hydrogens (tertiary/aromatic N) is 1. The van der Waals surface area contributed by atoms with Gasteiger partial charge in [-0.1, -0.05) is 12.1 Å². The van der Waals surface area contributed by atoms with E-state index in [1.54, 1.807) is 13.2 Å². The third kappa shape index (κ3) is 2.93. The monoisotopic (exact) mass is 245 g/mol. The molecule has 0 unspecified atom stereocenters. The van der Waals surface area contributed by atoms with Crippen molar-refractivity contribution in [2.45, 2.75) is 26.5 Å². The van der Waals surface area contributed by atoms with Crippen LogP contribution >= 0.6 is 0 Å². The van der Waals surface area contributed by atoms with Crippen LogP contribution in [0.3, 0.4) is 0 Å². The number of aliphatic hydroxyl groups excluding tert-OH is 1. The highest BCUT2D eigenvalue weighted by molar-refractivity contribution is 5.48. The molecule has 3 nitrogen and oxygen atoms in total. The zero-order valence-electron chi connectivity index (χ0n) is 10.8. The quantitative estimate of drug-likeness (QED) is 0.877. The molecule has 2 rings (SSSR count). The van der Waals surface area contributed by atoms with Crippen LogP contribution in [0.15, 0.2) is 47.1 Å². The van der Waals surface area contributed by atoms with Gasteiger partial charge in [0.2, 0.25) is 0 Å². The van der Waals surface area contributed by atoms with Gasteiger partial charge < -0.3 is 14.4 Å². The third-order valence-corrected chi connectivity index (χ3v) is 3.05. The number of hydrogen-bond donors (Lipinski definition) is 1. The van der Waals surface area contributed by atoms with Crippen molar-refractivity contribution in [3.63, 3.8) is 0 Å². The largest absolute Gasteiger partial charge is 0.467 e. The zero-order valence-corrected chi connectivity index (χ0v) is 10.8. The molecule has 18 heavy (non-hydrogen) atoms. The highest BCUT2D eigenvalue weighted by Crippen LogP contribution is 2.20. The number of anilines is 1. The summed E-state index contributed by atoms with van der Waals surface area (Å²) in [4.78, 5) is 2.23. The highest BCUT2D eigenvalue weighted by atomic mass is 16.3. The molecule has 0 aliphatic carbocycles. The molecule has 1 N–H and O–H groups in total. The molecular weight excluding hydrogens is 226 g/mol. The van der Waals surface area contributed by atoms with E-state index in [9.17, 15) is 5.11 Å². The van der Waals surface area contributed by atoms with Gasteiger partial charge in [0, 0.05) is 12.2 Å². The van der Waals surface area contributed by atoms with E-state index < -0.39 is 6.10 Å². The topological polar surface area (TPSA) is 36.6 Å². The van der Waals surface area contributed by atoms with Gasteiger partial charge in [-0.05, 0) is 43.7 Å². The van der Waals surface area contributed by atoms with Crippen molar-refractivity contribution in [3.05, 3.63) is 54.0 Å². The van der Waals surface area contributed by atoms with Gasteiger partial charge in [-0.25, -0.2) is 0 Å². The molecule has 1 aromatic carbocycles. The number of benzene rings is 1. The van der Waals surface area contributed by atoms with Gasteiger partial charge in [-0.2, -0.15) is 0 Å². The summed E-state index contributed by atoms with van der Waals surface area (Å²) in [6.45, 7) is 5.56. The number of aliphatic hydroxyl groups is 1. The predicted molar refractivity (Wildman–Crippen MR) is 72.5 cm³/mol. The van der Waals surface area contributed by atoms with Crippen LogP contribution in [0.25, 0.3) is 0 Å². The lowest BCUT2D eigenvalue weighted by Crippen LogP contribution is -2.21. The maximum Gasteiger partial charge on any atom is 0.123 e. The van der Waals surface area contributed by atoms with Gasteiger partial charge >= 0.3 is 0 Å². The second-order valence-electron chi connectivity index (χ2n) is 4.36. The van der Waals surface area contributed by atoms with Gasteiger partial charge in [-0.15, -0.1) is 0 Å². The van der Waals surface area contributed by atoms with Crippen molar-refractivity contribution in [1.82, 2.24) is 0 Å². The Morgan fingerprint density at radius 2 is 1.94 bits per heavy atom. The van der Waals surface area contributed by atoms with E-state index in [-0.39, 0.29) is 0 Å². The Hall–Kier alpha value is -1.74. The van der Waals surface area contributed by atoms with E-state index in [1.807, 2.05) is 36.4 Å². The summed E-state index contributed by atoms with van der Waals surface area (Å²) in [5.74, 6) is 0.955. The molecule has 1 aromatic heterocycles. The molecule has 1 heterocycles. The second-order valence-corrected chi connectivity index (χ2v) is 4.36. The molecule has 0 saturated carbocycles. The third-order valence-electron chi connectivity index (χ3n) is 3.05. The standard InChI is InChI=1S/C15H19NO2/c1-3-16(11-15-5-4-10-18-15)14-8-6-13(7-9-14)12(2)17/h4-10,12,17H,3,11H2,1-2H3/t12-/m1/s1. The van der Waals surface area contributed by atoms with Crippen molar-refractivity contribution in [1.29, 1.82) is 0 Å². The van der Waals surface area contributed by atoms with Crippen LogP contribution in [0.2, 0.25) is 0 Å². The maximum atomic E-state index is 9.49. The van der Waals surface area contributed by atoms with Crippen molar-refractivity contribution < 1.29 is 9.52 Å². The predicted octanol–water partition coefficient (Wildman–Crippen LogP) is 3.36. The van der Waals surface area contributed by atoms with Gasteiger partial charge in [0.05, 0.1) is 18.9 Å². The smallest absolute Gasteiger partial charge is 0.123 e. The molecule has 0 radical (unpaired) electrons. The van der Waals surface area contributed by atoms with E-state index in [0.717, 1.165) is 30.1 Å². The molecule has 0 aliphatic heterocycles. The lowest BCUT2D eigenvalue weighted by Gasteiger charge is -2.22. The second kappa shape index (κ2) is 5.74. The molecule has 0 spiro atoms. The Bertz CT molecular complexity index is 460. The average Bonchev–Trinajstić information content (AvgIpc) is 2.89. The minimum Gasteiger partial charge on any atom is -0.467 e. The van der Waals surface area contributed by atoms with Crippen LogP contribution in [0.1, 0.15) is 31.3 Å². The molecule has 0 bridgehead atoms. The normalized spacial score (nSPS) is 12.4. The lowest BCUT2D eigenvalue weighted by molar-refractivity contribution is 0.199. The summed E-state index contributed by atoms with van der Waals surface area (Å²) in [5.41, 5.74) is 2.08. The fourth-order valence-corrected chi connectivity index (χ4v) is 1.94. The first-order valence-electron chi connectivity index (χ1n) is 6.26. The molecular formula is C15H19NO2. The van der Waals surface area contributed by atoms with E-state index in [1.165, 1.54) is 0 Å². The first-order valence-corrected chi connectivity index (χ1v) is 6.26. The summed E-state index contributed by atoms with van der Waals surface area (Å²) >= 11 is 0. The van der Waals surface area contributed by atoms with Gasteiger partial charge in [0.25, 0.3) is 0 Å². The molecule has 96 valence electrons. The molecule has 0 amide bonds. The Balaban J connectivity index is 2.12. The summed E-state index contributed by atoms with van der Waals surface area (Å²) in [6, 6.07) is 11.9. The average molecular weight is 245 g/mol. The van der Waals surface area contributed by atoms with Crippen molar-refractivity contribution in [2.75, 3.05) is 11.4 Å². The Morgan fingerprint density at radius 1 is 1.22 bits per heavy atom. The van der Waals surface area contributed by atoms with Crippen LogP contribution in [0.5, 0.6) is 0 Å². The summed E-state index contributed by atoms with van der Waals surface area (Å²) in [7, 11) is 0. The van der Waals surface area contributed by atoms with Crippen molar-refractivity contribution in [3.8, 4) is 0 Å². The number of furan rings is 1. The van der Waals surface area contributed by atoms with Gasteiger partial charge in [0.15, 0.2) is 0 Å². The van der Waals surface area contributed by atoms with Crippen LogP contribution in [0, 0.1) is 0 Å². The van der Waals surface area contributed by atoms with E-state index in [0.29, 0.717) is 0 Å².